The van der Waals surface area contributed by atoms with Gasteiger partial charge in [0, 0.05) is 6.04 Å². The molecule has 0 aliphatic heterocycles. The number of rotatable bonds is 10. The van der Waals surface area contributed by atoms with E-state index in [4.69, 9.17) is 0 Å². The van der Waals surface area contributed by atoms with Gasteiger partial charge in [-0.05, 0) is 31.7 Å². The zero-order chi connectivity index (χ0) is 13.1. The second kappa shape index (κ2) is 10.8. The lowest BCUT2D eigenvalue weighted by Gasteiger charge is -2.32. The maximum atomic E-state index is 3.70. The van der Waals surface area contributed by atoms with Crippen molar-refractivity contribution in [3.05, 3.63) is 0 Å². The average molecular weight is 253 g/mol. The number of nitrogens with one attached hydrogen (secondary N) is 1. The number of hydrogen-bond acceptors (Lipinski definition) is 1. The van der Waals surface area contributed by atoms with Crippen molar-refractivity contribution in [2.24, 2.45) is 5.92 Å². The van der Waals surface area contributed by atoms with Gasteiger partial charge in [0.25, 0.3) is 0 Å². The largest absolute Gasteiger partial charge is 0.314 e. The zero-order valence-electron chi connectivity index (χ0n) is 12.8. The van der Waals surface area contributed by atoms with E-state index < -0.39 is 0 Å². The van der Waals surface area contributed by atoms with Gasteiger partial charge in [-0.2, -0.15) is 0 Å². The molecule has 1 heteroatoms. The van der Waals surface area contributed by atoms with Crippen LogP contribution in [0, 0.1) is 5.92 Å². The summed E-state index contributed by atoms with van der Waals surface area (Å²) in [5, 5.41) is 3.70. The van der Waals surface area contributed by atoms with E-state index in [2.05, 4.69) is 19.2 Å². The quantitative estimate of drug-likeness (QED) is 0.521. The first-order chi connectivity index (χ1) is 8.88. The van der Waals surface area contributed by atoms with Gasteiger partial charge in [0.2, 0.25) is 0 Å². The molecule has 1 N–H and O–H groups in total. The van der Waals surface area contributed by atoms with Crippen molar-refractivity contribution < 1.29 is 0 Å². The monoisotopic (exact) mass is 253 g/mol. The van der Waals surface area contributed by atoms with Crippen LogP contribution in [0.15, 0.2) is 0 Å². The van der Waals surface area contributed by atoms with E-state index in [1.54, 1.807) is 0 Å². The topological polar surface area (TPSA) is 12.0 Å². The minimum absolute atomic E-state index is 0.837. The van der Waals surface area contributed by atoms with Crippen LogP contribution in [0.2, 0.25) is 0 Å². The zero-order valence-corrected chi connectivity index (χ0v) is 12.8. The highest BCUT2D eigenvalue weighted by molar-refractivity contribution is 4.80. The Kier molecular flexibility index (Phi) is 9.65. The van der Waals surface area contributed by atoms with Gasteiger partial charge >= 0.3 is 0 Å². The second-order valence-electron chi connectivity index (χ2n) is 6.12. The summed E-state index contributed by atoms with van der Waals surface area (Å²) in [6.07, 6.45) is 17.4. The highest BCUT2D eigenvalue weighted by atomic mass is 14.9. The molecule has 1 aliphatic rings. The molecule has 1 aliphatic carbocycles. The van der Waals surface area contributed by atoms with Crippen LogP contribution >= 0.6 is 0 Å². The van der Waals surface area contributed by atoms with Crippen molar-refractivity contribution in [1.82, 2.24) is 5.32 Å². The van der Waals surface area contributed by atoms with Crippen LogP contribution in [0.25, 0.3) is 0 Å². The summed E-state index contributed by atoms with van der Waals surface area (Å²) in [4.78, 5) is 0. The third-order valence-corrected chi connectivity index (χ3v) is 4.55. The lowest BCUT2D eigenvalue weighted by Crippen LogP contribution is -2.38. The average Bonchev–Trinajstić information content (AvgIpc) is 2.40. The molecule has 1 nitrogen and oxygen atoms in total. The molecular weight excluding hydrogens is 218 g/mol. The molecule has 0 spiro atoms. The summed E-state index contributed by atoms with van der Waals surface area (Å²) in [5.74, 6) is 0.981. The van der Waals surface area contributed by atoms with Crippen LogP contribution in [0.4, 0.5) is 0 Å². The van der Waals surface area contributed by atoms with Crippen LogP contribution in [0.5, 0.6) is 0 Å². The Balaban J connectivity index is 2.02. The molecular formula is C17H35N. The van der Waals surface area contributed by atoms with E-state index in [9.17, 15) is 0 Å². The van der Waals surface area contributed by atoms with Crippen molar-refractivity contribution >= 4 is 0 Å². The molecule has 0 bridgehead atoms. The Labute approximate surface area is 115 Å². The highest BCUT2D eigenvalue weighted by Crippen LogP contribution is 2.28. The van der Waals surface area contributed by atoms with E-state index in [1.165, 1.54) is 77.0 Å². The molecule has 0 heterocycles. The van der Waals surface area contributed by atoms with E-state index >= 15 is 0 Å². The summed E-state index contributed by atoms with van der Waals surface area (Å²) in [7, 11) is 0. The molecule has 0 aromatic rings. The normalized spacial score (nSPS) is 24.3. The summed E-state index contributed by atoms with van der Waals surface area (Å²) in [6, 6.07) is 0.837. The minimum atomic E-state index is 0.837. The first-order valence-corrected chi connectivity index (χ1v) is 8.61. The Morgan fingerprint density at radius 1 is 0.833 bits per heavy atom. The number of hydrogen-bond donors (Lipinski definition) is 1. The molecule has 0 aromatic heterocycles. The van der Waals surface area contributed by atoms with E-state index in [-0.39, 0.29) is 0 Å². The van der Waals surface area contributed by atoms with Gasteiger partial charge in [-0.3, -0.25) is 0 Å². The van der Waals surface area contributed by atoms with Crippen molar-refractivity contribution in [3.8, 4) is 0 Å². The molecule has 1 saturated carbocycles. The standard InChI is InChI=1S/C17H35N/c1-3-5-6-7-8-9-10-13-16-14-11-12-15-17(16)18-4-2/h16-18H,3-15H2,1-2H3. The van der Waals surface area contributed by atoms with E-state index in [0.717, 1.165) is 18.5 Å². The summed E-state index contributed by atoms with van der Waals surface area (Å²) in [6.45, 7) is 5.70. The van der Waals surface area contributed by atoms with Crippen LogP contribution in [0.3, 0.4) is 0 Å². The molecule has 2 atom stereocenters. The van der Waals surface area contributed by atoms with Crippen LogP contribution in [-0.2, 0) is 0 Å². The highest BCUT2D eigenvalue weighted by Gasteiger charge is 2.23. The maximum absolute atomic E-state index is 3.70. The lowest BCUT2D eigenvalue weighted by molar-refractivity contribution is 0.246. The summed E-state index contributed by atoms with van der Waals surface area (Å²) >= 11 is 0. The predicted molar refractivity (Wildman–Crippen MR) is 82.0 cm³/mol. The van der Waals surface area contributed by atoms with Crippen LogP contribution in [-0.4, -0.2) is 12.6 Å². The molecule has 0 saturated heterocycles. The number of unbranched alkanes of at least 4 members (excludes halogenated alkanes) is 6. The van der Waals surface area contributed by atoms with Gasteiger partial charge in [0.15, 0.2) is 0 Å². The van der Waals surface area contributed by atoms with E-state index in [0.29, 0.717) is 0 Å². The SMILES string of the molecule is CCCCCCCCCC1CCCCC1NCC. The molecule has 0 aromatic carbocycles. The first kappa shape index (κ1) is 16.0. The summed E-state index contributed by atoms with van der Waals surface area (Å²) < 4.78 is 0. The van der Waals surface area contributed by atoms with Crippen molar-refractivity contribution in [2.75, 3.05) is 6.54 Å². The van der Waals surface area contributed by atoms with Gasteiger partial charge in [-0.25, -0.2) is 0 Å². The molecule has 18 heavy (non-hydrogen) atoms. The third kappa shape index (κ3) is 6.78. The van der Waals surface area contributed by atoms with Gasteiger partial charge in [0.05, 0.1) is 0 Å². The fourth-order valence-electron chi connectivity index (χ4n) is 3.45. The Hall–Kier alpha value is -0.0400. The first-order valence-electron chi connectivity index (χ1n) is 8.61. The van der Waals surface area contributed by atoms with Gasteiger partial charge in [-0.1, -0.05) is 71.6 Å². The van der Waals surface area contributed by atoms with Crippen molar-refractivity contribution in [3.63, 3.8) is 0 Å². The van der Waals surface area contributed by atoms with Crippen molar-refractivity contribution in [1.29, 1.82) is 0 Å². The molecule has 0 amide bonds. The maximum Gasteiger partial charge on any atom is 0.00952 e. The molecule has 1 fully saturated rings. The van der Waals surface area contributed by atoms with E-state index in [1.807, 2.05) is 0 Å². The van der Waals surface area contributed by atoms with Gasteiger partial charge < -0.3 is 5.32 Å². The van der Waals surface area contributed by atoms with Crippen LogP contribution in [0.1, 0.15) is 90.9 Å². The summed E-state index contributed by atoms with van der Waals surface area (Å²) in [5.41, 5.74) is 0. The van der Waals surface area contributed by atoms with Crippen LogP contribution < -0.4 is 5.32 Å². The fourth-order valence-corrected chi connectivity index (χ4v) is 3.45. The smallest absolute Gasteiger partial charge is 0.00952 e. The van der Waals surface area contributed by atoms with Crippen molar-refractivity contribution in [2.45, 2.75) is 96.9 Å². The predicted octanol–water partition coefficient (Wildman–Crippen LogP) is 5.30. The Morgan fingerprint density at radius 3 is 2.22 bits per heavy atom. The van der Waals surface area contributed by atoms with Gasteiger partial charge in [0.1, 0.15) is 0 Å². The fraction of sp³-hybridized carbons (Fsp3) is 1.00. The molecule has 108 valence electrons. The molecule has 2 unspecified atom stereocenters. The second-order valence-corrected chi connectivity index (χ2v) is 6.12. The third-order valence-electron chi connectivity index (χ3n) is 4.55. The minimum Gasteiger partial charge on any atom is -0.314 e. The van der Waals surface area contributed by atoms with Gasteiger partial charge in [-0.15, -0.1) is 0 Å². The Bertz CT molecular complexity index is 176. The molecule has 0 radical (unpaired) electrons. The Morgan fingerprint density at radius 2 is 1.50 bits per heavy atom. The molecule has 1 rings (SSSR count). The lowest BCUT2D eigenvalue weighted by atomic mass is 9.81.